The van der Waals surface area contributed by atoms with Crippen molar-refractivity contribution in [2.45, 2.75) is 31.1 Å². The lowest BCUT2D eigenvalue weighted by Crippen LogP contribution is -2.43. The number of hydrogen-bond donors (Lipinski definition) is 2. The van der Waals surface area contributed by atoms with Gasteiger partial charge < -0.3 is 10.6 Å². The first-order valence-corrected chi connectivity index (χ1v) is 8.95. The Hall–Kier alpha value is -2.69. The Morgan fingerprint density at radius 3 is 2.23 bits per heavy atom. The summed E-state index contributed by atoms with van der Waals surface area (Å²) in [6, 6.07) is 15.4. The van der Waals surface area contributed by atoms with Crippen molar-refractivity contribution in [3.05, 3.63) is 71.5 Å². The summed E-state index contributed by atoms with van der Waals surface area (Å²) in [5.74, 6) is -0.743. The average molecular weight is 354 g/mol. The molecule has 0 aliphatic heterocycles. The third-order valence-electron chi connectivity index (χ3n) is 5.09. The van der Waals surface area contributed by atoms with E-state index in [9.17, 15) is 14.0 Å². The fourth-order valence-corrected chi connectivity index (χ4v) is 3.61. The maximum Gasteiger partial charge on any atom is 0.251 e. The third-order valence-corrected chi connectivity index (χ3v) is 5.09. The van der Waals surface area contributed by atoms with Gasteiger partial charge in [-0.25, -0.2) is 4.39 Å². The fourth-order valence-electron chi connectivity index (χ4n) is 3.61. The summed E-state index contributed by atoms with van der Waals surface area (Å²) in [5, 5.41) is 5.57. The summed E-state index contributed by atoms with van der Waals surface area (Å²) in [4.78, 5) is 24.2. The summed E-state index contributed by atoms with van der Waals surface area (Å²) in [6.07, 6.45) is 4.13. The molecule has 4 nitrogen and oxygen atoms in total. The molecule has 0 heterocycles. The zero-order valence-electron chi connectivity index (χ0n) is 14.6. The molecular formula is C21H23FN2O2. The Bertz CT molecular complexity index is 753. The Balaban J connectivity index is 1.55. The van der Waals surface area contributed by atoms with Crippen LogP contribution < -0.4 is 10.6 Å². The van der Waals surface area contributed by atoms with Gasteiger partial charge in [0.2, 0.25) is 5.91 Å². The van der Waals surface area contributed by atoms with Gasteiger partial charge >= 0.3 is 0 Å². The normalized spacial score (nSPS) is 15.4. The summed E-state index contributed by atoms with van der Waals surface area (Å²) in [5.41, 5.74) is 1.44. The summed E-state index contributed by atoms with van der Waals surface area (Å²) in [7, 11) is 0. The summed E-state index contributed by atoms with van der Waals surface area (Å²) < 4.78 is 13.2. The molecule has 2 aromatic rings. The van der Waals surface area contributed by atoms with Gasteiger partial charge in [-0.3, -0.25) is 9.59 Å². The van der Waals surface area contributed by atoms with E-state index in [1.165, 1.54) is 12.1 Å². The molecule has 26 heavy (non-hydrogen) atoms. The second-order valence-electron chi connectivity index (χ2n) is 6.82. The van der Waals surface area contributed by atoms with Crippen LogP contribution >= 0.6 is 0 Å². The van der Waals surface area contributed by atoms with Crippen LogP contribution in [0.2, 0.25) is 0 Å². The first-order valence-electron chi connectivity index (χ1n) is 8.95. The minimum absolute atomic E-state index is 0.0623. The zero-order chi connectivity index (χ0) is 18.4. The number of carbonyl (C=O) groups is 2. The van der Waals surface area contributed by atoms with Gasteiger partial charge in [0, 0.05) is 17.5 Å². The molecule has 5 heteroatoms. The lowest BCUT2D eigenvalue weighted by molar-refractivity contribution is -0.120. The molecule has 1 aliphatic rings. The molecule has 3 rings (SSSR count). The number of nitrogens with one attached hydrogen (secondary N) is 2. The van der Waals surface area contributed by atoms with E-state index in [0.29, 0.717) is 12.1 Å². The number of benzene rings is 2. The van der Waals surface area contributed by atoms with Gasteiger partial charge in [0.15, 0.2) is 0 Å². The second-order valence-corrected chi connectivity index (χ2v) is 6.82. The third kappa shape index (κ3) is 4.28. The van der Waals surface area contributed by atoms with Crippen LogP contribution in [0.15, 0.2) is 54.6 Å². The Labute approximate surface area is 152 Å². The Kier molecular flexibility index (Phi) is 5.66. The highest BCUT2D eigenvalue weighted by Crippen LogP contribution is 2.40. The van der Waals surface area contributed by atoms with Gasteiger partial charge in [-0.1, -0.05) is 43.2 Å². The summed E-state index contributed by atoms with van der Waals surface area (Å²) in [6.45, 7) is 0.436. The van der Waals surface area contributed by atoms with Gasteiger partial charge in [0.25, 0.3) is 5.91 Å². The number of amides is 2. The predicted octanol–water partition coefficient (Wildman–Crippen LogP) is 3.18. The predicted molar refractivity (Wildman–Crippen MR) is 98.3 cm³/mol. The van der Waals surface area contributed by atoms with Crippen molar-refractivity contribution in [2.75, 3.05) is 13.1 Å². The lowest BCUT2D eigenvalue weighted by atomic mass is 9.79. The van der Waals surface area contributed by atoms with Crippen LogP contribution in [0.5, 0.6) is 0 Å². The molecule has 0 spiro atoms. The molecule has 0 atom stereocenters. The van der Waals surface area contributed by atoms with Crippen molar-refractivity contribution >= 4 is 11.8 Å². The van der Waals surface area contributed by atoms with Crippen molar-refractivity contribution in [3.63, 3.8) is 0 Å². The van der Waals surface area contributed by atoms with Crippen molar-refractivity contribution in [1.82, 2.24) is 10.6 Å². The zero-order valence-corrected chi connectivity index (χ0v) is 14.6. The van der Waals surface area contributed by atoms with Crippen LogP contribution in [0.25, 0.3) is 0 Å². The van der Waals surface area contributed by atoms with Crippen LogP contribution in [0.3, 0.4) is 0 Å². The van der Waals surface area contributed by atoms with Crippen LogP contribution in [0.4, 0.5) is 4.39 Å². The number of halogens is 1. The molecular weight excluding hydrogens is 331 g/mol. The average Bonchev–Trinajstić information content (AvgIpc) is 3.16. The molecule has 2 N–H and O–H groups in total. The first kappa shape index (κ1) is 18.1. The molecule has 1 fully saturated rings. The van der Waals surface area contributed by atoms with E-state index in [-0.39, 0.29) is 29.6 Å². The number of carbonyl (C=O) groups excluding carboxylic acids is 2. The van der Waals surface area contributed by atoms with Crippen LogP contribution in [-0.2, 0) is 10.2 Å². The lowest BCUT2D eigenvalue weighted by Gasteiger charge is -2.30. The van der Waals surface area contributed by atoms with E-state index >= 15 is 0 Å². The molecule has 0 unspecified atom stereocenters. The van der Waals surface area contributed by atoms with Crippen molar-refractivity contribution in [1.29, 1.82) is 0 Å². The maximum atomic E-state index is 13.2. The topological polar surface area (TPSA) is 58.2 Å². The van der Waals surface area contributed by atoms with E-state index in [0.717, 1.165) is 31.2 Å². The quantitative estimate of drug-likeness (QED) is 0.837. The molecule has 2 aromatic carbocycles. The van der Waals surface area contributed by atoms with E-state index in [4.69, 9.17) is 0 Å². The highest BCUT2D eigenvalue weighted by Gasteiger charge is 2.35. The molecule has 0 radical (unpaired) electrons. The highest BCUT2D eigenvalue weighted by atomic mass is 19.1. The SMILES string of the molecule is O=C(CNC(=O)c1ccccc1)NCC1(c2ccc(F)cc2)CCCC1. The first-order chi connectivity index (χ1) is 12.6. The van der Waals surface area contributed by atoms with E-state index in [1.54, 1.807) is 24.3 Å². The van der Waals surface area contributed by atoms with E-state index in [2.05, 4.69) is 10.6 Å². The van der Waals surface area contributed by atoms with Gasteiger partial charge in [-0.15, -0.1) is 0 Å². The number of hydrogen-bond acceptors (Lipinski definition) is 2. The highest BCUT2D eigenvalue weighted by molar-refractivity contribution is 5.96. The molecule has 0 bridgehead atoms. The van der Waals surface area contributed by atoms with Crippen molar-refractivity contribution in [2.24, 2.45) is 0 Å². The molecule has 0 saturated heterocycles. The van der Waals surface area contributed by atoms with E-state index in [1.807, 2.05) is 18.2 Å². The molecule has 0 aromatic heterocycles. The largest absolute Gasteiger partial charge is 0.354 e. The Morgan fingerprint density at radius 1 is 0.923 bits per heavy atom. The van der Waals surface area contributed by atoms with E-state index < -0.39 is 0 Å². The number of rotatable bonds is 6. The fraction of sp³-hybridized carbons (Fsp3) is 0.333. The van der Waals surface area contributed by atoms with Crippen molar-refractivity contribution < 1.29 is 14.0 Å². The Morgan fingerprint density at radius 2 is 1.58 bits per heavy atom. The standard InChI is InChI=1S/C21H23FN2O2/c22-18-10-8-17(9-11-18)21(12-4-5-13-21)15-24-19(25)14-23-20(26)16-6-2-1-3-7-16/h1-3,6-11H,4-5,12-15H2,(H,23,26)(H,24,25). The van der Waals surface area contributed by atoms with Gasteiger partial charge in [-0.2, -0.15) is 0 Å². The van der Waals surface area contributed by atoms with Crippen LogP contribution in [-0.4, -0.2) is 24.9 Å². The second kappa shape index (κ2) is 8.13. The summed E-state index contributed by atoms with van der Waals surface area (Å²) >= 11 is 0. The molecule has 1 saturated carbocycles. The molecule has 1 aliphatic carbocycles. The maximum absolute atomic E-state index is 13.2. The molecule has 136 valence electrons. The minimum Gasteiger partial charge on any atom is -0.354 e. The molecule has 2 amide bonds. The minimum atomic E-state index is -0.269. The van der Waals surface area contributed by atoms with Crippen LogP contribution in [0.1, 0.15) is 41.6 Å². The van der Waals surface area contributed by atoms with Gasteiger partial charge in [0.05, 0.1) is 6.54 Å². The van der Waals surface area contributed by atoms with Gasteiger partial charge in [-0.05, 0) is 42.7 Å². The monoisotopic (exact) mass is 354 g/mol. The smallest absolute Gasteiger partial charge is 0.251 e. The van der Waals surface area contributed by atoms with Crippen LogP contribution in [0, 0.1) is 5.82 Å². The van der Waals surface area contributed by atoms with Gasteiger partial charge in [0.1, 0.15) is 5.82 Å². The van der Waals surface area contributed by atoms with Crippen molar-refractivity contribution in [3.8, 4) is 0 Å².